The Kier molecular flexibility index (Phi) is 7.12. The topological polar surface area (TPSA) is 135 Å². The molecule has 10 nitrogen and oxygen atoms in total. The van der Waals surface area contributed by atoms with Crippen LogP contribution in [0.2, 0.25) is 0 Å². The van der Waals surface area contributed by atoms with Crippen LogP contribution in [0.25, 0.3) is 11.3 Å². The lowest BCUT2D eigenvalue weighted by Crippen LogP contribution is -2.26. The molecule has 11 heteroatoms. The van der Waals surface area contributed by atoms with Crippen LogP contribution in [-0.2, 0) is 9.59 Å². The van der Waals surface area contributed by atoms with Crippen molar-refractivity contribution in [2.45, 2.75) is 30.7 Å². The predicted molar refractivity (Wildman–Crippen MR) is 128 cm³/mol. The lowest BCUT2D eigenvalue weighted by atomic mass is 10.1. The predicted octanol–water partition coefficient (Wildman–Crippen LogP) is 3.07. The van der Waals surface area contributed by atoms with Crippen molar-refractivity contribution >= 4 is 35.0 Å². The van der Waals surface area contributed by atoms with Crippen molar-refractivity contribution in [3.8, 4) is 22.8 Å². The van der Waals surface area contributed by atoms with Gasteiger partial charge in [0.2, 0.25) is 11.8 Å². The maximum atomic E-state index is 12.9. The molecule has 2 aromatic carbocycles. The van der Waals surface area contributed by atoms with Crippen molar-refractivity contribution in [3.05, 3.63) is 52.8 Å². The van der Waals surface area contributed by atoms with Gasteiger partial charge in [0.05, 0.1) is 10.9 Å². The van der Waals surface area contributed by atoms with Crippen molar-refractivity contribution in [2.24, 2.45) is 0 Å². The van der Waals surface area contributed by atoms with Gasteiger partial charge in [0, 0.05) is 24.2 Å². The Hall–Kier alpha value is -3.86. The number of ether oxygens (including phenoxy) is 2. The molecule has 0 fully saturated rings. The van der Waals surface area contributed by atoms with Gasteiger partial charge in [-0.15, -0.1) is 10.2 Å². The van der Waals surface area contributed by atoms with E-state index >= 15 is 0 Å². The molecule has 2 heterocycles. The molecule has 0 spiro atoms. The van der Waals surface area contributed by atoms with Gasteiger partial charge in [-0.1, -0.05) is 36.9 Å². The summed E-state index contributed by atoms with van der Waals surface area (Å²) >= 11 is 1.11. The first-order chi connectivity index (χ1) is 16.4. The number of carbonyl (C=O) groups is 2. The van der Waals surface area contributed by atoms with Gasteiger partial charge in [0.1, 0.15) is 13.2 Å². The number of fused-ring (bicyclic) bond motifs is 1. The molecule has 3 N–H and O–H groups in total. The Labute approximate surface area is 199 Å². The number of hydrogen-bond donors (Lipinski definition) is 3. The molecule has 1 aliphatic heterocycles. The maximum Gasteiger partial charge on any atom is 0.278 e. The monoisotopic (exact) mass is 481 g/mol. The third-order valence-electron chi connectivity index (χ3n) is 4.90. The molecule has 1 atom stereocenters. The largest absolute Gasteiger partial charge is 0.486 e. The van der Waals surface area contributed by atoms with Crippen LogP contribution in [0.15, 0.2) is 52.4 Å². The van der Waals surface area contributed by atoms with E-state index in [0.29, 0.717) is 48.1 Å². The van der Waals surface area contributed by atoms with E-state index in [9.17, 15) is 14.4 Å². The SMILES string of the molecule is CC[C@H](Sc1nnc(-c2ccccc2NC(C)=O)c(=O)[nH]1)C(=O)Nc1ccc2c(c1)OCCO2. The number of nitrogens with zero attached hydrogens (tertiary/aromatic N) is 2. The summed E-state index contributed by atoms with van der Waals surface area (Å²) < 4.78 is 11.1. The van der Waals surface area contributed by atoms with Gasteiger partial charge in [-0.3, -0.25) is 19.4 Å². The zero-order valence-corrected chi connectivity index (χ0v) is 19.4. The second-order valence-corrected chi connectivity index (χ2v) is 8.59. The molecule has 0 bridgehead atoms. The average Bonchev–Trinajstić information content (AvgIpc) is 2.82. The van der Waals surface area contributed by atoms with Gasteiger partial charge in [0.25, 0.3) is 5.56 Å². The highest BCUT2D eigenvalue weighted by Crippen LogP contribution is 2.33. The number of rotatable bonds is 7. The minimum atomic E-state index is -0.518. The van der Waals surface area contributed by atoms with Gasteiger partial charge in [-0.2, -0.15) is 0 Å². The zero-order valence-electron chi connectivity index (χ0n) is 18.6. The van der Waals surface area contributed by atoms with Crippen molar-refractivity contribution in [1.82, 2.24) is 15.2 Å². The molecule has 1 aromatic heterocycles. The third kappa shape index (κ3) is 5.37. The first-order valence-corrected chi connectivity index (χ1v) is 11.5. The number of anilines is 2. The van der Waals surface area contributed by atoms with Crippen LogP contribution in [-0.4, -0.2) is 45.5 Å². The van der Waals surface area contributed by atoms with Gasteiger partial charge in [-0.25, -0.2) is 0 Å². The number of aromatic nitrogens is 3. The lowest BCUT2D eigenvalue weighted by molar-refractivity contribution is -0.116. The molecule has 0 radical (unpaired) electrons. The number of carbonyl (C=O) groups excluding carboxylic acids is 2. The molecule has 176 valence electrons. The summed E-state index contributed by atoms with van der Waals surface area (Å²) in [5.41, 5.74) is 1.09. The van der Waals surface area contributed by atoms with Gasteiger partial charge in [-0.05, 0) is 24.6 Å². The van der Waals surface area contributed by atoms with Crippen LogP contribution < -0.4 is 25.7 Å². The molecule has 3 aromatic rings. The van der Waals surface area contributed by atoms with Crippen LogP contribution in [0.4, 0.5) is 11.4 Å². The molecular weight excluding hydrogens is 458 g/mol. The molecule has 0 saturated carbocycles. The van der Waals surface area contributed by atoms with Crippen LogP contribution in [0.5, 0.6) is 11.5 Å². The first-order valence-electron chi connectivity index (χ1n) is 10.7. The Balaban J connectivity index is 1.48. The van der Waals surface area contributed by atoms with Crippen molar-refractivity contribution < 1.29 is 19.1 Å². The highest BCUT2D eigenvalue weighted by atomic mass is 32.2. The number of amides is 2. The van der Waals surface area contributed by atoms with Gasteiger partial charge >= 0.3 is 0 Å². The standard InChI is InChI=1S/C23H23N5O5S/c1-3-19(21(30)25-14-8-9-17-18(12-14)33-11-10-32-17)34-23-26-22(31)20(27-28-23)15-6-4-5-7-16(15)24-13(2)29/h4-9,12,19H,3,10-11H2,1-2H3,(H,24,29)(H,25,30)(H,26,28,31)/t19-/m0/s1. The highest BCUT2D eigenvalue weighted by molar-refractivity contribution is 8.00. The summed E-state index contributed by atoms with van der Waals surface area (Å²) in [4.78, 5) is 39.7. The molecular formula is C23H23N5O5S. The summed E-state index contributed by atoms with van der Waals surface area (Å²) in [5.74, 6) is 0.708. The van der Waals surface area contributed by atoms with E-state index in [1.807, 2.05) is 6.92 Å². The summed E-state index contributed by atoms with van der Waals surface area (Å²) in [6.07, 6.45) is 0.498. The van der Waals surface area contributed by atoms with Gasteiger partial charge < -0.3 is 20.1 Å². The second kappa shape index (κ2) is 10.4. The fourth-order valence-corrected chi connectivity index (χ4v) is 4.18. The quantitative estimate of drug-likeness (QED) is 0.438. The van der Waals surface area contributed by atoms with Crippen LogP contribution in [0, 0.1) is 0 Å². The Morgan fingerprint density at radius 1 is 1.09 bits per heavy atom. The van der Waals surface area contributed by atoms with E-state index in [2.05, 4.69) is 25.8 Å². The lowest BCUT2D eigenvalue weighted by Gasteiger charge is -2.19. The fraction of sp³-hybridized carbons (Fsp3) is 0.261. The van der Waals surface area contributed by atoms with Crippen molar-refractivity contribution in [1.29, 1.82) is 0 Å². The van der Waals surface area contributed by atoms with E-state index in [1.165, 1.54) is 6.92 Å². The number of hydrogen-bond acceptors (Lipinski definition) is 8. The number of H-pyrrole nitrogens is 1. The zero-order chi connectivity index (χ0) is 24.1. The first kappa shape index (κ1) is 23.3. The van der Waals surface area contributed by atoms with E-state index in [1.54, 1.807) is 42.5 Å². The van der Waals surface area contributed by atoms with Crippen LogP contribution in [0.1, 0.15) is 20.3 Å². The average molecular weight is 482 g/mol. The Bertz CT molecular complexity index is 1280. The summed E-state index contributed by atoms with van der Waals surface area (Å²) in [6, 6.07) is 12.0. The highest BCUT2D eigenvalue weighted by Gasteiger charge is 2.22. The van der Waals surface area contributed by atoms with E-state index in [-0.39, 0.29) is 22.7 Å². The van der Waals surface area contributed by atoms with Crippen molar-refractivity contribution in [3.63, 3.8) is 0 Å². The minimum Gasteiger partial charge on any atom is -0.486 e. The smallest absolute Gasteiger partial charge is 0.278 e. The minimum absolute atomic E-state index is 0.0717. The number of para-hydroxylation sites is 1. The van der Waals surface area contributed by atoms with Gasteiger partial charge in [0.15, 0.2) is 22.3 Å². The van der Waals surface area contributed by atoms with Crippen molar-refractivity contribution in [2.75, 3.05) is 23.8 Å². The normalized spacial score (nSPS) is 13.1. The molecule has 4 rings (SSSR count). The Morgan fingerprint density at radius 3 is 2.59 bits per heavy atom. The summed E-state index contributed by atoms with van der Waals surface area (Å²) in [7, 11) is 0. The fourth-order valence-electron chi connectivity index (χ4n) is 3.34. The molecule has 0 saturated heterocycles. The number of nitrogens with one attached hydrogen (secondary N) is 3. The molecule has 2 amide bonds. The number of thioether (sulfide) groups is 1. The molecule has 34 heavy (non-hydrogen) atoms. The molecule has 0 unspecified atom stereocenters. The van der Waals surface area contributed by atoms with E-state index in [0.717, 1.165) is 11.8 Å². The third-order valence-corrected chi connectivity index (χ3v) is 6.13. The van der Waals surface area contributed by atoms with Crippen LogP contribution in [0.3, 0.4) is 0 Å². The maximum absolute atomic E-state index is 12.9. The van der Waals surface area contributed by atoms with Crippen LogP contribution >= 0.6 is 11.8 Å². The molecule has 1 aliphatic rings. The Morgan fingerprint density at radius 2 is 1.85 bits per heavy atom. The molecule has 0 aliphatic carbocycles. The van der Waals surface area contributed by atoms with E-state index in [4.69, 9.17) is 9.47 Å². The summed E-state index contributed by atoms with van der Waals surface area (Å²) in [6.45, 7) is 4.19. The number of benzene rings is 2. The second-order valence-electron chi connectivity index (χ2n) is 7.40. The number of aromatic amines is 1. The van der Waals surface area contributed by atoms with E-state index < -0.39 is 10.8 Å². The summed E-state index contributed by atoms with van der Waals surface area (Å²) in [5, 5.41) is 13.4.